The minimum atomic E-state index is -4.06. The maximum Gasteiger partial charge on any atom is 0.244 e. The highest BCUT2D eigenvalue weighted by Gasteiger charge is 2.38. The zero-order valence-corrected chi connectivity index (χ0v) is 14.8. The van der Waals surface area contributed by atoms with Gasteiger partial charge in [0.05, 0.1) is 10.9 Å². The molecule has 4 rings (SSSR count). The Labute approximate surface area is 154 Å². The van der Waals surface area contributed by atoms with E-state index in [9.17, 15) is 21.6 Å². The first kappa shape index (κ1) is 17.8. The molecule has 0 saturated carbocycles. The van der Waals surface area contributed by atoms with Crippen molar-refractivity contribution in [1.82, 2.24) is 8.87 Å². The second kappa shape index (κ2) is 6.54. The Balaban J connectivity index is 1.87. The smallest absolute Gasteiger partial charge is 0.244 e. The van der Waals surface area contributed by atoms with Crippen LogP contribution in [0.4, 0.5) is 13.2 Å². The average Bonchev–Trinajstić information content (AvgIpc) is 3.12. The van der Waals surface area contributed by atoms with Gasteiger partial charge in [-0.05, 0) is 48.0 Å². The van der Waals surface area contributed by atoms with Gasteiger partial charge in [-0.25, -0.2) is 21.6 Å². The summed E-state index contributed by atoms with van der Waals surface area (Å²) in [5.74, 6) is -2.73. The van der Waals surface area contributed by atoms with Crippen LogP contribution in [-0.4, -0.2) is 23.8 Å². The number of sulfonamides is 1. The van der Waals surface area contributed by atoms with E-state index in [0.29, 0.717) is 17.8 Å². The molecule has 27 heavy (non-hydrogen) atoms. The van der Waals surface area contributed by atoms with Crippen molar-refractivity contribution in [3.05, 3.63) is 89.5 Å². The van der Waals surface area contributed by atoms with Crippen molar-refractivity contribution in [3.8, 4) is 0 Å². The van der Waals surface area contributed by atoms with Crippen molar-refractivity contribution in [2.75, 3.05) is 6.54 Å². The molecule has 0 radical (unpaired) electrons. The molecular formula is C19H15F3N2O2S. The fourth-order valence-corrected chi connectivity index (χ4v) is 5.02. The summed E-state index contributed by atoms with van der Waals surface area (Å²) in [6.45, 7) is 0.515. The number of hydrogen-bond acceptors (Lipinski definition) is 2. The van der Waals surface area contributed by atoms with E-state index >= 15 is 0 Å². The minimum absolute atomic E-state index is 0.115. The van der Waals surface area contributed by atoms with Gasteiger partial charge in [-0.15, -0.1) is 0 Å². The Morgan fingerprint density at radius 2 is 1.70 bits per heavy atom. The summed E-state index contributed by atoms with van der Waals surface area (Å²) < 4.78 is 70.3. The van der Waals surface area contributed by atoms with E-state index in [0.717, 1.165) is 24.3 Å². The molecule has 2 heterocycles. The van der Waals surface area contributed by atoms with E-state index in [1.54, 1.807) is 18.3 Å². The summed E-state index contributed by atoms with van der Waals surface area (Å²) >= 11 is 0. The summed E-state index contributed by atoms with van der Waals surface area (Å²) in [5, 5.41) is 0. The van der Waals surface area contributed by atoms with Crippen molar-refractivity contribution >= 4 is 10.0 Å². The standard InChI is InChI=1S/C19H15F3N2O2S/c20-14-3-1-4-15(12-14)27(25,26)24-10-9-23-8-2-5-18(23)19(24)13-6-7-16(21)17(22)11-13/h1-8,11-12,19H,9-10H2/t19-/m1/s1. The molecule has 0 spiro atoms. The molecule has 0 aliphatic carbocycles. The monoisotopic (exact) mass is 392 g/mol. The summed E-state index contributed by atoms with van der Waals surface area (Å²) in [6.07, 6.45) is 1.80. The number of nitrogens with zero attached hydrogens (tertiary/aromatic N) is 2. The molecule has 1 aliphatic rings. The lowest BCUT2D eigenvalue weighted by Gasteiger charge is -2.36. The van der Waals surface area contributed by atoms with E-state index in [1.807, 2.05) is 4.57 Å². The SMILES string of the molecule is O=S(=O)(c1cccc(F)c1)N1CCn2cccc2[C@H]1c1ccc(F)c(F)c1. The van der Waals surface area contributed by atoms with E-state index in [-0.39, 0.29) is 11.4 Å². The predicted molar refractivity (Wildman–Crippen MR) is 92.9 cm³/mol. The summed E-state index contributed by atoms with van der Waals surface area (Å²) in [6, 6.07) is 10.7. The molecule has 1 atom stereocenters. The van der Waals surface area contributed by atoms with E-state index < -0.39 is 33.5 Å². The number of aromatic nitrogens is 1. The van der Waals surface area contributed by atoms with Gasteiger partial charge in [0.1, 0.15) is 5.82 Å². The summed E-state index contributed by atoms with van der Waals surface area (Å²) in [4.78, 5) is -0.185. The molecule has 0 fully saturated rings. The summed E-state index contributed by atoms with van der Waals surface area (Å²) in [5.41, 5.74) is 0.931. The predicted octanol–water partition coefficient (Wildman–Crippen LogP) is 3.70. The molecule has 0 bridgehead atoms. The van der Waals surface area contributed by atoms with Gasteiger partial charge in [-0.2, -0.15) is 4.31 Å². The first-order valence-electron chi connectivity index (χ1n) is 8.25. The van der Waals surface area contributed by atoms with Gasteiger partial charge in [-0.1, -0.05) is 12.1 Å². The van der Waals surface area contributed by atoms with Crippen LogP contribution in [0.25, 0.3) is 0 Å². The third kappa shape index (κ3) is 3.04. The Morgan fingerprint density at radius 3 is 2.44 bits per heavy atom. The van der Waals surface area contributed by atoms with Gasteiger partial charge in [-0.3, -0.25) is 0 Å². The number of rotatable bonds is 3. The largest absolute Gasteiger partial charge is 0.348 e. The Morgan fingerprint density at radius 1 is 0.889 bits per heavy atom. The molecule has 3 aromatic rings. The lowest BCUT2D eigenvalue weighted by molar-refractivity contribution is 0.297. The van der Waals surface area contributed by atoms with Gasteiger partial charge in [0.15, 0.2) is 11.6 Å². The van der Waals surface area contributed by atoms with Gasteiger partial charge in [0, 0.05) is 25.0 Å². The van der Waals surface area contributed by atoms with Gasteiger partial charge < -0.3 is 4.57 Å². The first-order chi connectivity index (χ1) is 12.9. The fraction of sp³-hybridized carbons (Fsp3) is 0.158. The molecule has 1 aliphatic heterocycles. The molecule has 2 aromatic carbocycles. The fourth-order valence-electron chi connectivity index (χ4n) is 3.40. The lowest BCUT2D eigenvalue weighted by Crippen LogP contribution is -2.42. The first-order valence-corrected chi connectivity index (χ1v) is 9.69. The Hall–Kier alpha value is -2.58. The zero-order chi connectivity index (χ0) is 19.2. The van der Waals surface area contributed by atoms with E-state index in [4.69, 9.17) is 0 Å². The number of hydrogen-bond donors (Lipinski definition) is 0. The highest BCUT2D eigenvalue weighted by Crippen LogP contribution is 2.37. The molecule has 4 nitrogen and oxygen atoms in total. The minimum Gasteiger partial charge on any atom is -0.348 e. The maximum absolute atomic E-state index is 13.8. The molecule has 140 valence electrons. The van der Waals surface area contributed by atoms with Crippen molar-refractivity contribution < 1.29 is 21.6 Å². The zero-order valence-electron chi connectivity index (χ0n) is 14.0. The average molecular weight is 392 g/mol. The highest BCUT2D eigenvalue weighted by atomic mass is 32.2. The molecule has 0 unspecified atom stereocenters. The third-order valence-electron chi connectivity index (χ3n) is 4.66. The van der Waals surface area contributed by atoms with Crippen LogP contribution in [0.3, 0.4) is 0 Å². The third-order valence-corrected chi connectivity index (χ3v) is 6.52. The Bertz CT molecular complexity index is 1110. The molecule has 8 heteroatoms. The van der Waals surface area contributed by atoms with Crippen molar-refractivity contribution in [2.24, 2.45) is 0 Å². The van der Waals surface area contributed by atoms with Crippen molar-refractivity contribution in [2.45, 2.75) is 17.5 Å². The van der Waals surface area contributed by atoms with Crippen LogP contribution in [0.2, 0.25) is 0 Å². The van der Waals surface area contributed by atoms with Crippen molar-refractivity contribution in [3.63, 3.8) is 0 Å². The summed E-state index contributed by atoms with van der Waals surface area (Å²) in [7, 11) is -4.06. The van der Waals surface area contributed by atoms with E-state index in [1.165, 1.54) is 22.5 Å². The molecule has 0 amide bonds. The molecule has 0 N–H and O–H groups in total. The van der Waals surface area contributed by atoms with E-state index in [2.05, 4.69) is 0 Å². The van der Waals surface area contributed by atoms with Gasteiger partial charge in [0.25, 0.3) is 0 Å². The van der Waals surface area contributed by atoms with Crippen LogP contribution in [0, 0.1) is 17.5 Å². The topological polar surface area (TPSA) is 42.3 Å². The Kier molecular flexibility index (Phi) is 4.32. The van der Waals surface area contributed by atoms with Gasteiger partial charge in [0.2, 0.25) is 10.0 Å². The van der Waals surface area contributed by atoms with Crippen LogP contribution in [-0.2, 0) is 16.6 Å². The van der Waals surface area contributed by atoms with Crippen LogP contribution in [0.5, 0.6) is 0 Å². The highest BCUT2D eigenvalue weighted by molar-refractivity contribution is 7.89. The number of fused-ring (bicyclic) bond motifs is 1. The number of benzene rings is 2. The van der Waals surface area contributed by atoms with Crippen LogP contribution in [0.1, 0.15) is 17.3 Å². The molecule has 0 saturated heterocycles. The van der Waals surface area contributed by atoms with Crippen molar-refractivity contribution in [1.29, 1.82) is 0 Å². The van der Waals surface area contributed by atoms with Crippen LogP contribution >= 0.6 is 0 Å². The lowest BCUT2D eigenvalue weighted by atomic mass is 10.0. The van der Waals surface area contributed by atoms with Crippen LogP contribution in [0.15, 0.2) is 65.7 Å². The maximum atomic E-state index is 13.8. The number of halogens is 3. The van der Waals surface area contributed by atoms with Crippen LogP contribution < -0.4 is 0 Å². The quantitative estimate of drug-likeness (QED) is 0.682. The second-order valence-corrected chi connectivity index (χ2v) is 8.17. The molecule has 1 aromatic heterocycles. The normalized spacial score (nSPS) is 17.7. The second-order valence-electron chi connectivity index (χ2n) is 6.28. The molecular weight excluding hydrogens is 377 g/mol. The van der Waals surface area contributed by atoms with Gasteiger partial charge >= 0.3 is 0 Å².